The van der Waals surface area contributed by atoms with E-state index in [0.717, 1.165) is 73.1 Å². The lowest BCUT2D eigenvalue weighted by Crippen LogP contribution is -2.39. The number of hydrogen-bond acceptors (Lipinski definition) is 3. The Kier molecular flexibility index (Phi) is 5.19. The highest BCUT2D eigenvalue weighted by Gasteiger charge is 2.34. The predicted molar refractivity (Wildman–Crippen MR) is 155 cm³/mol. The van der Waals surface area contributed by atoms with Gasteiger partial charge in [0, 0.05) is 24.6 Å². The van der Waals surface area contributed by atoms with Gasteiger partial charge in [0.1, 0.15) is 0 Å². The van der Waals surface area contributed by atoms with Gasteiger partial charge >= 0.3 is 5.89 Å². The standard InChI is InChI=1S/C35H29N2O2/c1-3-9-24(10-4-1)26-15-17-32-30(22-26)36-19-7-13-28(34(36)38-32)21-29-14-8-20-37-31-23-27(25-11-5-2-6-12-25)16-18-33(31)39-35(29)37/h1-6,9-12,15-18,21-23H,7-8,13-14,19-20H2/q+1. The van der Waals surface area contributed by atoms with Crippen molar-refractivity contribution in [2.24, 2.45) is 0 Å². The highest BCUT2D eigenvalue weighted by molar-refractivity contribution is 5.80. The van der Waals surface area contributed by atoms with Gasteiger partial charge in [0.2, 0.25) is 11.5 Å². The van der Waals surface area contributed by atoms with Crippen LogP contribution in [0.25, 0.3) is 38.9 Å². The molecule has 4 nitrogen and oxygen atoms in total. The van der Waals surface area contributed by atoms with Gasteiger partial charge in [0.05, 0.1) is 11.3 Å². The average molecular weight is 510 g/mol. The minimum Gasteiger partial charge on any atom is -0.438 e. The summed E-state index contributed by atoms with van der Waals surface area (Å²) in [7, 11) is 0. The van der Waals surface area contributed by atoms with E-state index >= 15 is 0 Å². The van der Waals surface area contributed by atoms with Crippen molar-refractivity contribution >= 4 is 22.4 Å². The van der Waals surface area contributed by atoms with Crippen molar-refractivity contribution in [2.75, 3.05) is 11.4 Å². The second-order valence-corrected chi connectivity index (χ2v) is 10.6. The summed E-state index contributed by atoms with van der Waals surface area (Å²) in [6.07, 6.45) is 6.56. The maximum Gasteiger partial charge on any atom is 0.377 e. The van der Waals surface area contributed by atoms with Crippen LogP contribution in [0.1, 0.15) is 31.6 Å². The molecule has 0 amide bonds. The molecule has 3 aliphatic rings. The van der Waals surface area contributed by atoms with Crippen LogP contribution in [0, 0.1) is 0 Å². The summed E-state index contributed by atoms with van der Waals surface area (Å²) in [5.74, 6) is 2.90. The number of oxazole rings is 1. The molecule has 0 saturated heterocycles. The summed E-state index contributed by atoms with van der Waals surface area (Å²) in [6.45, 7) is 1.94. The zero-order chi connectivity index (χ0) is 25.8. The van der Waals surface area contributed by atoms with Gasteiger partial charge in [-0.25, -0.2) is 0 Å². The molecule has 8 rings (SSSR count). The van der Waals surface area contributed by atoms with Gasteiger partial charge in [-0.3, -0.25) is 0 Å². The van der Waals surface area contributed by atoms with Gasteiger partial charge < -0.3 is 14.1 Å². The lowest BCUT2D eigenvalue weighted by Gasteiger charge is -2.25. The van der Waals surface area contributed by atoms with Crippen LogP contribution < -0.4 is 14.2 Å². The van der Waals surface area contributed by atoms with Crippen LogP contribution in [0.3, 0.4) is 0 Å². The van der Waals surface area contributed by atoms with Crippen molar-refractivity contribution in [1.29, 1.82) is 0 Å². The Morgan fingerprint density at radius 1 is 0.718 bits per heavy atom. The molecule has 0 atom stereocenters. The molecule has 0 saturated carbocycles. The third-order valence-corrected chi connectivity index (χ3v) is 8.17. The third-order valence-electron chi connectivity index (χ3n) is 8.17. The van der Waals surface area contributed by atoms with Gasteiger partial charge in [-0.15, -0.1) is 0 Å². The highest BCUT2D eigenvalue weighted by Crippen LogP contribution is 2.45. The molecule has 0 bridgehead atoms. The first-order valence-corrected chi connectivity index (χ1v) is 13.9. The Morgan fingerprint density at radius 2 is 1.46 bits per heavy atom. The molecule has 4 aromatic carbocycles. The zero-order valence-electron chi connectivity index (χ0n) is 21.8. The molecule has 5 aromatic rings. The van der Waals surface area contributed by atoms with Crippen molar-refractivity contribution < 1.29 is 13.7 Å². The molecule has 190 valence electrons. The normalized spacial score (nSPS) is 17.2. The maximum atomic E-state index is 6.49. The number of ether oxygens (including phenoxy) is 1. The van der Waals surface area contributed by atoms with E-state index in [4.69, 9.17) is 9.15 Å². The molecule has 3 aliphatic heterocycles. The molecule has 4 heterocycles. The van der Waals surface area contributed by atoms with Crippen LogP contribution in [-0.2, 0) is 6.54 Å². The second kappa shape index (κ2) is 9.02. The summed E-state index contributed by atoms with van der Waals surface area (Å²) >= 11 is 0. The van der Waals surface area contributed by atoms with E-state index in [2.05, 4.69) is 113 Å². The molecule has 0 N–H and O–H groups in total. The molecule has 1 aromatic heterocycles. The van der Waals surface area contributed by atoms with Crippen LogP contribution in [0.5, 0.6) is 5.75 Å². The van der Waals surface area contributed by atoms with Gasteiger partial charge in [-0.05, 0) is 65.8 Å². The average Bonchev–Trinajstić information content (AvgIpc) is 3.57. The number of nitrogens with zero attached hydrogens (tertiary/aromatic N) is 2. The molecule has 4 heteroatoms. The van der Waals surface area contributed by atoms with Crippen LogP contribution in [-0.4, -0.2) is 6.54 Å². The zero-order valence-corrected chi connectivity index (χ0v) is 21.8. The molecule has 39 heavy (non-hydrogen) atoms. The second-order valence-electron chi connectivity index (χ2n) is 10.6. The smallest absolute Gasteiger partial charge is 0.377 e. The molecule has 0 unspecified atom stereocenters. The fourth-order valence-corrected chi connectivity index (χ4v) is 6.26. The van der Waals surface area contributed by atoms with Gasteiger partial charge in [0.15, 0.2) is 12.3 Å². The van der Waals surface area contributed by atoms with Crippen LogP contribution in [0.2, 0.25) is 0 Å². The minimum atomic E-state index is 0.943. The maximum absolute atomic E-state index is 6.49. The fraction of sp³-hybridized carbons (Fsp3) is 0.171. The monoisotopic (exact) mass is 509 g/mol. The molecule has 0 radical (unpaired) electrons. The highest BCUT2D eigenvalue weighted by atomic mass is 16.5. The van der Waals surface area contributed by atoms with E-state index in [1.165, 1.54) is 33.4 Å². The first kappa shape index (κ1) is 22.4. The summed E-state index contributed by atoms with van der Waals surface area (Å²) in [5, 5.41) is 0. The van der Waals surface area contributed by atoms with Crippen molar-refractivity contribution in [2.45, 2.75) is 32.2 Å². The van der Waals surface area contributed by atoms with Crippen LogP contribution in [0.15, 0.2) is 119 Å². The number of fused-ring (bicyclic) bond motifs is 6. The Hall–Kier alpha value is -4.57. The fourth-order valence-electron chi connectivity index (χ4n) is 6.26. The first-order chi connectivity index (χ1) is 19.3. The lowest BCUT2D eigenvalue weighted by atomic mass is 9.98. The Labute approximate surface area is 228 Å². The van der Waals surface area contributed by atoms with Crippen LogP contribution in [0.4, 0.5) is 5.69 Å². The predicted octanol–water partition coefficient (Wildman–Crippen LogP) is 8.14. The Morgan fingerprint density at radius 3 is 2.26 bits per heavy atom. The summed E-state index contributed by atoms with van der Waals surface area (Å²) in [4.78, 5) is 2.36. The largest absolute Gasteiger partial charge is 0.438 e. The van der Waals surface area contributed by atoms with Gasteiger partial charge in [0.25, 0.3) is 5.52 Å². The summed E-state index contributed by atoms with van der Waals surface area (Å²) < 4.78 is 15.3. The van der Waals surface area contributed by atoms with Gasteiger partial charge in [-0.2, -0.15) is 4.57 Å². The van der Waals surface area contributed by atoms with Crippen LogP contribution >= 0.6 is 0 Å². The van der Waals surface area contributed by atoms with E-state index in [-0.39, 0.29) is 0 Å². The molecule has 0 spiro atoms. The van der Waals surface area contributed by atoms with E-state index in [1.807, 2.05) is 0 Å². The first-order valence-electron chi connectivity index (χ1n) is 13.9. The molecule has 0 fully saturated rings. The summed E-state index contributed by atoms with van der Waals surface area (Å²) in [5.41, 5.74) is 10.7. The number of hydrogen-bond donors (Lipinski definition) is 0. The number of benzene rings is 4. The Bertz CT molecular complexity index is 1780. The quantitative estimate of drug-likeness (QED) is 0.230. The van der Waals surface area contributed by atoms with Crippen molar-refractivity contribution in [1.82, 2.24) is 0 Å². The molecular weight excluding hydrogens is 480 g/mol. The van der Waals surface area contributed by atoms with E-state index < -0.39 is 0 Å². The van der Waals surface area contributed by atoms with E-state index in [1.54, 1.807) is 0 Å². The Balaban J connectivity index is 1.18. The number of allylic oxidation sites excluding steroid dienone is 3. The molecule has 0 aliphatic carbocycles. The summed E-state index contributed by atoms with van der Waals surface area (Å²) in [6, 6.07) is 34.2. The van der Waals surface area contributed by atoms with Gasteiger partial charge in [-0.1, -0.05) is 72.8 Å². The topological polar surface area (TPSA) is 29.5 Å². The number of aryl methyl sites for hydroxylation is 1. The minimum absolute atomic E-state index is 0.943. The lowest BCUT2D eigenvalue weighted by molar-refractivity contribution is -0.682. The number of rotatable bonds is 3. The van der Waals surface area contributed by atoms with E-state index in [0.29, 0.717) is 0 Å². The van der Waals surface area contributed by atoms with Crippen molar-refractivity contribution in [3.05, 3.63) is 120 Å². The molecular formula is C35H29N2O2+. The number of aromatic nitrogens is 1. The van der Waals surface area contributed by atoms with Crippen molar-refractivity contribution in [3.8, 4) is 28.0 Å². The van der Waals surface area contributed by atoms with E-state index in [9.17, 15) is 0 Å². The van der Waals surface area contributed by atoms with Crippen molar-refractivity contribution in [3.63, 3.8) is 0 Å². The number of anilines is 1. The SMILES string of the molecule is C(=C1CCC[n+]2c1oc1ccc(-c3ccccc3)cc12)C1=C2Oc3ccc(-c4ccccc4)cc3N2CCC1. The third kappa shape index (κ3) is 3.78.